The number of hydrogen-bond acceptors (Lipinski definition) is 11. The van der Waals surface area contributed by atoms with Crippen LogP contribution in [0, 0.1) is 0 Å². The Labute approximate surface area is 263 Å². The Hall–Kier alpha value is -5.59. The van der Waals surface area contributed by atoms with E-state index in [0.717, 1.165) is 0 Å². The van der Waals surface area contributed by atoms with Crippen LogP contribution in [-0.2, 0) is 4.79 Å². The summed E-state index contributed by atoms with van der Waals surface area (Å²) in [6.07, 6.45) is -1.78. The lowest BCUT2D eigenvalue weighted by molar-refractivity contribution is -0.142. The van der Waals surface area contributed by atoms with E-state index in [9.17, 15) is 14.4 Å². The van der Waals surface area contributed by atoms with Gasteiger partial charge in [0.2, 0.25) is 17.7 Å². The molecule has 0 bridgehead atoms. The number of fused-ring (bicyclic) bond motifs is 3. The Balaban J connectivity index is 1.12. The second-order valence-electron chi connectivity index (χ2n) is 10.8. The first-order valence-corrected chi connectivity index (χ1v) is 14.8. The van der Waals surface area contributed by atoms with Gasteiger partial charge in [-0.25, -0.2) is 9.97 Å². The van der Waals surface area contributed by atoms with E-state index in [1.807, 2.05) is 18.2 Å². The second-order valence-corrected chi connectivity index (χ2v) is 10.8. The molecule has 3 aromatic carbocycles. The minimum Gasteiger partial charge on any atom is -0.493 e. The molecule has 1 aromatic heterocycles. The lowest BCUT2D eigenvalue weighted by atomic mass is 10.1. The van der Waals surface area contributed by atoms with Crippen LogP contribution < -0.4 is 28.4 Å². The molecule has 236 valence electrons. The number of aromatic nitrogens is 2. The molecule has 0 saturated carbocycles. The van der Waals surface area contributed by atoms with Gasteiger partial charge in [0.25, 0.3) is 11.8 Å². The van der Waals surface area contributed by atoms with Crippen molar-refractivity contribution in [3.8, 4) is 34.5 Å². The van der Waals surface area contributed by atoms with Crippen LogP contribution in [0.1, 0.15) is 21.1 Å². The molecule has 4 heterocycles. The average Bonchev–Trinajstić information content (AvgIpc) is 3.12. The number of amides is 2. The molecule has 7 rings (SSSR count). The van der Waals surface area contributed by atoms with Crippen molar-refractivity contribution in [3.63, 3.8) is 0 Å². The Morgan fingerprint density at radius 2 is 1.26 bits per heavy atom. The first-order valence-electron chi connectivity index (χ1n) is 14.8. The standard InChI is InChI=1S/C33H30N4O9/c1-41-25-15-19-20(16-26(25)42-2)34-31(35-29(19)30(38)27-17-43-21-7-3-5-9-23(21)45-27)33(40)37-13-11-36(12-14-37)32(39)28-18-44-22-8-4-6-10-24(22)46-28/h3-10,15-16,27-28H,11-14,17-18H2,1-2H3. The molecule has 4 aromatic rings. The van der Waals surface area contributed by atoms with Crippen LogP contribution in [0.4, 0.5) is 0 Å². The number of para-hydroxylation sites is 4. The first kappa shape index (κ1) is 29.1. The number of carbonyl (C=O) groups is 3. The summed E-state index contributed by atoms with van der Waals surface area (Å²) in [7, 11) is 2.97. The van der Waals surface area contributed by atoms with Crippen LogP contribution in [0.2, 0.25) is 0 Å². The van der Waals surface area contributed by atoms with Crippen molar-refractivity contribution in [2.24, 2.45) is 0 Å². The monoisotopic (exact) mass is 626 g/mol. The van der Waals surface area contributed by atoms with Gasteiger partial charge in [0.15, 0.2) is 40.6 Å². The van der Waals surface area contributed by atoms with Crippen molar-refractivity contribution in [2.75, 3.05) is 53.6 Å². The molecule has 46 heavy (non-hydrogen) atoms. The highest BCUT2D eigenvalue weighted by Crippen LogP contribution is 2.35. The van der Waals surface area contributed by atoms with Gasteiger partial charge in [-0.2, -0.15) is 0 Å². The van der Waals surface area contributed by atoms with Crippen molar-refractivity contribution < 1.29 is 42.8 Å². The maximum Gasteiger partial charge on any atom is 0.291 e. The summed E-state index contributed by atoms with van der Waals surface area (Å²) in [6.45, 7) is 1.11. The van der Waals surface area contributed by atoms with Gasteiger partial charge < -0.3 is 38.2 Å². The molecule has 2 unspecified atom stereocenters. The number of ether oxygens (including phenoxy) is 6. The molecule has 13 nitrogen and oxygen atoms in total. The second kappa shape index (κ2) is 12.1. The van der Waals surface area contributed by atoms with Crippen molar-refractivity contribution in [2.45, 2.75) is 12.2 Å². The molecule has 1 saturated heterocycles. The number of ketones is 1. The highest BCUT2D eigenvalue weighted by Gasteiger charge is 2.36. The fraction of sp³-hybridized carbons (Fsp3) is 0.303. The molecular weight excluding hydrogens is 596 g/mol. The van der Waals surface area contributed by atoms with Gasteiger partial charge in [0, 0.05) is 37.6 Å². The third kappa shape index (κ3) is 5.33. The largest absolute Gasteiger partial charge is 0.493 e. The number of hydrogen-bond donors (Lipinski definition) is 0. The summed E-state index contributed by atoms with van der Waals surface area (Å²) in [6, 6.07) is 17.5. The number of Topliss-reactive ketones (excluding diaryl/α,β-unsaturated/α-hetero) is 1. The Morgan fingerprint density at radius 1 is 0.717 bits per heavy atom. The van der Waals surface area contributed by atoms with Crippen molar-refractivity contribution >= 4 is 28.5 Å². The van der Waals surface area contributed by atoms with Crippen molar-refractivity contribution in [1.82, 2.24) is 19.8 Å². The van der Waals surface area contributed by atoms with Gasteiger partial charge in [-0.3, -0.25) is 14.4 Å². The van der Waals surface area contributed by atoms with E-state index in [1.54, 1.807) is 52.3 Å². The van der Waals surface area contributed by atoms with Gasteiger partial charge in [0.1, 0.15) is 18.9 Å². The smallest absolute Gasteiger partial charge is 0.291 e. The number of piperazine rings is 1. The van der Waals surface area contributed by atoms with E-state index in [4.69, 9.17) is 28.4 Å². The molecule has 1 fully saturated rings. The lowest BCUT2D eigenvalue weighted by Crippen LogP contribution is -2.55. The third-order valence-corrected chi connectivity index (χ3v) is 8.09. The molecule has 0 spiro atoms. The molecule has 2 amide bonds. The summed E-state index contributed by atoms with van der Waals surface area (Å²) in [4.78, 5) is 53.1. The predicted octanol–water partition coefficient (Wildman–Crippen LogP) is 2.79. The number of methoxy groups -OCH3 is 2. The molecule has 0 radical (unpaired) electrons. The highest BCUT2D eigenvalue weighted by molar-refractivity contribution is 6.09. The topological polar surface area (TPSA) is 139 Å². The van der Waals surface area contributed by atoms with Crippen LogP contribution in [-0.4, -0.2) is 103 Å². The number of rotatable bonds is 6. The van der Waals surface area contributed by atoms with Gasteiger partial charge in [-0.1, -0.05) is 24.3 Å². The number of nitrogens with zero attached hydrogens (tertiary/aromatic N) is 4. The van der Waals surface area contributed by atoms with Crippen LogP contribution in [0.15, 0.2) is 60.7 Å². The zero-order valence-corrected chi connectivity index (χ0v) is 25.1. The van der Waals surface area contributed by atoms with E-state index < -0.39 is 23.9 Å². The van der Waals surface area contributed by atoms with Crippen molar-refractivity contribution in [3.05, 3.63) is 72.2 Å². The van der Waals surface area contributed by atoms with Gasteiger partial charge in [-0.15, -0.1) is 0 Å². The zero-order valence-electron chi connectivity index (χ0n) is 25.1. The van der Waals surface area contributed by atoms with E-state index >= 15 is 0 Å². The zero-order chi connectivity index (χ0) is 31.8. The normalized spacial score (nSPS) is 18.6. The van der Waals surface area contributed by atoms with E-state index in [-0.39, 0.29) is 56.8 Å². The number of benzene rings is 3. The third-order valence-electron chi connectivity index (χ3n) is 8.09. The van der Waals surface area contributed by atoms with Crippen LogP contribution >= 0.6 is 0 Å². The maximum atomic E-state index is 13.9. The van der Waals surface area contributed by atoms with Gasteiger partial charge >= 0.3 is 0 Å². The minimum atomic E-state index is -1.00. The molecule has 0 aliphatic carbocycles. The Morgan fingerprint density at radius 3 is 1.89 bits per heavy atom. The van der Waals surface area contributed by atoms with E-state index in [2.05, 4.69) is 9.97 Å². The SMILES string of the molecule is COc1cc2nc(C(=O)N3CCN(C(=O)C4COc5ccccc5O4)CC3)nc(C(=O)C3COc4ccccc4O3)c2cc1OC. The quantitative estimate of drug-likeness (QED) is 0.292. The summed E-state index contributed by atoms with van der Waals surface area (Å²) in [5.74, 6) is 1.49. The van der Waals surface area contributed by atoms with Crippen molar-refractivity contribution in [1.29, 1.82) is 0 Å². The summed E-state index contributed by atoms with van der Waals surface area (Å²) in [5.41, 5.74) is 0.311. The molecule has 13 heteroatoms. The number of carbonyl (C=O) groups excluding carboxylic acids is 3. The Kier molecular flexibility index (Phi) is 7.64. The van der Waals surface area contributed by atoms with Crippen LogP contribution in [0.5, 0.6) is 34.5 Å². The van der Waals surface area contributed by atoms with Gasteiger partial charge in [0.05, 0.1) is 19.7 Å². The average molecular weight is 627 g/mol. The van der Waals surface area contributed by atoms with Crippen LogP contribution in [0.3, 0.4) is 0 Å². The van der Waals surface area contributed by atoms with E-state index in [0.29, 0.717) is 45.4 Å². The summed E-state index contributed by atoms with van der Waals surface area (Å²) in [5, 5.41) is 0.369. The first-order chi connectivity index (χ1) is 22.4. The molecule has 3 aliphatic heterocycles. The highest BCUT2D eigenvalue weighted by atomic mass is 16.6. The molecular formula is C33H30N4O9. The maximum absolute atomic E-state index is 13.9. The predicted molar refractivity (Wildman–Crippen MR) is 162 cm³/mol. The summed E-state index contributed by atoms with van der Waals surface area (Å²) >= 11 is 0. The molecule has 0 N–H and O–H groups in total. The fourth-order valence-corrected chi connectivity index (χ4v) is 5.66. The minimum absolute atomic E-state index is 0.00849. The summed E-state index contributed by atoms with van der Waals surface area (Å²) < 4.78 is 34.3. The van der Waals surface area contributed by atoms with Crippen LogP contribution in [0.25, 0.3) is 10.9 Å². The molecule has 2 atom stereocenters. The van der Waals surface area contributed by atoms with Gasteiger partial charge in [-0.05, 0) is 30.3 Å². The van der Waals surface area contributed by atoms with E-state index in [1.165, 1.54) is 14.2 Å². The fourth-order valence-electron chi connectivity index (χ4n) is 5.66. The lowest BCUT2D eigenvalue weighted by Gasteiger charge is -2.37. The Bertz CT molecular complexity index is 1840. The molecule has 3 aliphatic rings.